The molecule has 3 aromatic carbocycles. The van der Waals surface area contributed by atoms with Crippen LogP contribution in [0.15, 0.2) is 78.9 Å². The molecule has 3 aromatic rings. The van der Waals surface area contributed by atoms with Gasteiger partial charge in [0.15, 0.2) is 0 Å². The van der Waals surface area contributed by atoms with Crippen LogP contribution < -0.4 is 14.4 Å². The van der Waals surface area contributed by atoms with Gasteiger partial charge in [0.1, 0.15) is 18.9 Å². The Morgan fingerprint density at radius 2 is 1.58 bits per heavy atom. The predicted octanol–water partition coefficient (Wildman–Crippen LogP) is 4.09. The van der Waals surface area contributed by atoms with E-state index in [4.69, 9.17) is 4.74 Å². The Morgan fingerprint density at radius 3 is 2.21 bits per heavy atom. The third kappa shape index (κ3) is 7.95. The Morgan fingerprint density at radius 1 is 0.909 bits per heavy atom. The summed E-state index contributed by atoms with van der Waals surface area (Å²) in [6.07, 6.45) is 2.72. The summed E-state index contributed by atoms with van der Waals surface area (Å²) in [6.45, 7) is 2.67. The molecule has 0 heterocycles. The number of amides is 1. The normalized spacial score (nSPS) is 11.1. The van der Waals surface area contributed by atoms with Crippen LogP contribution in [0.1, 0.15) is 23.1 Å². The van der Waals surface area contributed by atoms with Gasteiger partial charge in [-0.2, -0.15) is 0 Å². The zero-order valence-corrected chi connectivity index (χ0v) is 19.8. The number of aryl methyl sites for hydroxylation is 2. The van der Waals surface area contributed by atoms with Gasteiger partial charge in [-0.3, -0.25) is 9.10 Å². The second-order valence-electron chi connectivity index (χ2n) is 7.98. The average Bonchev–Trinajstić information content (AvgIpc) is 2.80. The molecule has 3 rings (SSSR count). The summed E-state index contributed by atoms with van der Waals surface area (Å²) in [5.74, 6) is 0.283. The van der Waals surface area contributed by atoms with Crippen molar-refractivity contribution >= 4 is 21.6 Å². The molecule has 0 aliphatic rings. The standard InChI is InChI=1S/C26H30N2O4S/c1-21-10-12-22(13-11-21)9-6-18-27-26(29)19-28(33(2,30)31)24-14-16-25(17-15-24)32-20-23-7-4-3-5-8-23/h3-5,7-8,10-17H,6,9,18-20H2,1-2H3,(H,27,29). The summed E-state index contributed by atoms with van der Waals surface area (Å²) in [4.78, 5) is 12.4. The van der Waals surface area contributed by atoms with E-state index >= 15 is 0 Å². The van der Waals surface area contributed by atoms with Crippen LogP contribution >= 0.6 is 0 Å². The zero-order chi connectivity index (χ0) is 23.7. The van der Waals surface area contributed by atoms with Gasteiger partial charge < -0.3 is 10.1 Å². The largest absolute Gasteiger partial charge is 0.489 e. The minimum Gasteiger partial charge on any atom is -0.489 e. The third-order valence-electron chi connectivity index (χ3n) is 5.15. The van der Waals surface area contributed by atoms with Crippen molar-refractivity contribution in [2.24, 2.45) is 0 Å². The molecule has 0 saturated carbocycles. The molecule has 7 heteroatoms. The van der Waals surface area contributed by atoms with E-state index in [1.807, 2.05) is 37.3 Å². The Hall–Kier alpha value is -3.32. The molecule has 6 nitrogen and oxygen atoms in total. The van der Waals surface area contributed by atoms with E-state index in [1.165, 1.54) is 11.1 Å². The summed E-state index contributed by atoms with van der Waals surface area (Å²) in [7, 11) is -3.63. The third-order valence-corrected chi connectivity index (χ3v) is 6.29. The highest BCUT2D eigenvalue weighted by atomic mass is 32.2. The molecular formula is C26H30N2O4S. The molecule has 0 aliphatic carbocycles. The van der Waals surface area contributed by atoms with Gasteiger partial charge >= 0.3 is 0 Å². The first-order chi connectivity index (χ1) is 15.8. The van der Waals surface area contributed by atoms with Gasteiger partial charge in [0.05, 0.1) is 11.9 Å². The number of anilines is 1. The van der Waals surface area contributed by atoms with E-state index in [9.17, 15) is 13.2 Å². The maximum Gasteiger partial charge on any atom is 0.240 e. The van der Waals surface area contributed by atoms with Crippen molar-refractivity contribution in [2.75, 3.05) is 23.7 Å². The molecular weight excluding hydrogens is 436 g/mol. The minimum absolute atomic E-state index is 0.270. The maximum atomic E-state index is 12.4. The van der Waals surface area contributed by atoms with Crippen LogP contribution in [0.25, 0.3) is 0 Å². The second-order valence-corrected chi connectivity index (χ2v) is 9.88. The van der Waals surface area contributed by atoms with E-state index < -0.39 is 10.0 Å². The lowest BCUT2D eigenvalue weighted by Crippen LogP contribution is -2.40. The van der Waals surface area contributed by atoms with Crippen molar-refractivity contribution in [2.45, 2.75) is 26.4 Å². The molecule has 0 bridgehead atoms. The number of ether oxygens (including phenoxy) is 1. The molecule has 0 spiro atoms. The Balaban J connectivity index is 1.52. The monoisotopic (exact) mass is 466 g/mol. The number of nitrogens with one attached hydrogen (secondary N) is 1. The van der Waals surface area contributed by atoms with Gasteiger partial charge in [0.25, 0.3) is 0 Å². The maximum absolute atomic E-state index is 12.4. The predicted molar refractivity (Wildman–Crippen MR) is 132 cm³/mol. The molecule has 0 unspecified atom stereocenters. The topological polar surface area (TPSA) is 75.7 Å². The van der Waals surface area contributed by atoms with Gasteiger partial charge in [0, 0.05) is 6.54 Å². The number of rotatable bonds is 11. The number of benzene rings is 3. The Labute approximate surface area is 196 Å². The van der Waals surface area contributed by atoms with E-state index in [1.54, 1.807) is 24.3 Å². The number of sulfonamides is 1. The molecule has 174 valence electrons. The summed E-state index contributed by atoms with van der Waals surface area (Å²) in [6, 6.07) is 24.8. The van der Waals surface area contributed by atoms with Gasteiger partial charge in [-0.25, -0.2) is 8.42 Å². The molecule has 0 aliphatic heterocycles. The molecule has 0 fully saturated rings. The fourth-order valence-electron chi connectivity index (χ4n) is 3.31. The minimum atomic E-state index is -3.63. The second kappa shape index (κ2) is 11.5. The fraction of sp³-hybridized carbons (Fsp3) is 0.269. The van der Waals surface area contributed by atoms with Gasteiger partial charge in [-0.15, -0.1) is 0 Å². The number of hydrogen-bond donors (Lipinski definition) is 1. The lowest BCUT2D eigenvalue weighted by atomic mass is 10.1. The van der Waals surface area contributed by atoms with Gasteiger partial charge in [-0.1, -0.05) is 60.2 Å². The lowest BCUT2D eigenvalue weighted by molar-refractivity contribution is -0.119. The number of carbonyl (C=O) groups excluding carboxylic acids is 1. The quantitative estimate of drug-likeness (QED) is 0.432. The van der Waals surface area contributed by atoms with Crippen molar-refractivity contribution in [1.82, 2.24) is 5.32 Å². The van der Waals surface area contributed by atoms with Crippen molar-refractivity contribution in [3.63, 3.8) is 0 Å². The highest BCUT2D eigenvalue weighted by molar-refractivity contribution is 7.92. The molecule has 1 N–H and O–H groups in total. The fourth-order valence-corrected chi connectivity index (χ4v) is 4.17. The highest BCUT2D eigenvalue weighted by Crippen LogP contribution is 2.22. The first-order valence-electron chi connectivity index (χ1n) is 10.9. The van der Waals surface area contributed by atoms with Crippen molar-refractivity contribution in [3.05, 3.63) is 95.6 Å². The van der Waals surface area contributed by atoms with Crippen molar-refractivity contribution < 1.29 is 17.9 Å². The lowest BCUT2D eigenvalue weighted by Gasteiger charge is -2.22. The van der Waals surface area contributed by atoms with Crippen LogP contribution in [-0.4, -0.2) is 33.7 Å². The SMILES string of the molecule is Cc1ccc(CCCNC(=O)CN(c2ccc(OCc3ccccc3)cc2)S(C)(=O)=O)cc1. The molecule has 33 heavy (non-hydrogen) atoms. The number of nitrogens with zero attached hydrogens (tertiary/aromatic N) is 1. The molecule has 0 radical (unpaired) electrons. The van der Waals surface area contributed by atoms with Gasteiger partial charge in [0.2, 0.25) is 15.9 Å². The van der Waals surface area contributed by atoms with E-state index in [-0.39, 0.29) is 12.5 Å². The smallest absolute Gasteiger partial charge is 0.240 e. The van der Waals surface area contributed by atoms with E-state index in [0.717, 1.165) is 29.0 Å². The summed E-state index contributed by atoms with van der Waals surface area (Å²) in [5.41, 5.74) is 3.88. The zero-order valence-electron chi connectivity index (χ0n) is 19.0. The van der Waals surface area contributed by atoms with Crippen molar-refractivity contribution in [3.8, 4) is 5.75 Å². The van der Waals surface area contributed by atoms with Crippen LogP contribution in [0.3, 0.4) is 0 Å². The molecule has 0 atom stereocenters. The molecule has 1 amide bonds. The summed E-state index contributed by atoms with van der Waals surface area (Å²) >= 11 is 0. The van der Waals surface area contributed by atoms with E-state index in [2.05, 4.69) is 29.6 Å². The first kappa shape index (κ1) is 24.3. The summed E-state index contributed by atoms with van der Waals surface area (Å²) < 4.78 is 31.5. The highest BCUT2D eigenvalue weighted by Gasteiger charge is 2.20. The Kier molecular flexibility index (Phi) is 8.49. The number of carbonyl (C=O) groups is 1. The van der Waals surface area contributed by atoms with E-state index in [0.29, 0.717) is 24.6 Å². The first-order valence-corrected chi connectivity index (χ1v) is 12.7. The van der Waals surface area contributed by atoms with Crippen LogP contribution in [0.5, 0.6) is 5.75 Å². The van der Waals surface area contributed by atoms with Crippen LogP contribution in [0.2, 0.25) is 0 Å². The van der Waals surface area contributed by atoms with Crippen LogP contribution in [0.4, 0.5) is 5.69 Å². The van der Waals surface area contributed by atoms with Crippen molar-refractivity contribution in [1.29, 1.82) is 0 Å². The summed E-state index contributed by atoms with van der Waals surface area (Å²) in [5, 5.41) is 2.82. The van der Waals surface area contributed by atoms with Crippen LogP contribution in [-0.2, 0) is 27.8 Å². The molecule has 0 aromatic heterocycles. The average molecular weight is 467 g/mol. The molecule has 0 saturated heterocycles. The van der Waals surface area contributed by atoms with Gasteiger partial charge in [-0.05, 0) is 55.2 Å². The van der Waals surface area contributed by atoms with Crippen LogP contribution in [0, 0.1) is 6.92 Å². The Bertz CT molecular complexity index is 1130. The number of hydrogen-bond acceptors (Lipinski definition) is 4.